The van der Waals surface area contributed by atoms with E-state index in [9.17, 15) is 0 Å². The van der Waals surface area contributed by atoms with Gasteiger partial charge in [0.1, 0.15) is 5.84 Å². The average Bonchev–Trinajstić information content (AvgIpc) is 1.80. The number of hydrazine groups is 1. The molecule has 0 rings (SSSR count). The van der Waals surface area contributed by atoms with Crippen LogP contribution in [0.4, 0.5) is 0 Å². The molecular weight excluding hydrogens is 138 g/mol. The maximum absolute atomic E-state index is 5.30. The van der Waals surface area contributed by atoms with Crippen molar-refractivity contribution in [2.24, 2.45) is 16.8 Å². The van der Waals surface area contributed by atoms with Gasteiger partial charge < -0.3 is 5.43 Å². The van der Waals surface area contributed by atoms with Crippen LogP contribution in [0.2, 0.25) is 0 Å². The predicted octanol–water partition coefficient (Wildman–Crippen LogP) is 1.30. The van der Waals surface area contributed by atoms with Crippen molar-refractivity contribution in [1.82, 2.24) is 5.43 Å². The minimum atomic E-state index is -0.0496. The van der Waals surface area contributed by atoms with Crippen molar-refractivity contribution in [3.63, 3.8) is 0 Å². The highest BCUT2D eigenvalue weighted by molar-refractivity contribution is 5.83. The van der Waals surface area contributed by atoms with Gasteiger partial charge >= 0.3 is 0 Å². The summed E-state index contributed by atoms with van der Waals surface area (Å²) in [5.74, 6) is 6.52. The third-order valence-corrected chi connectivity index (χ3v) is 1.15. The van der Waals surface area contributed by atoms with E-state index in [1.54, 1.807) is 0 Å². The van der Waals surface area contributed by atoms with Gasteiger partial charge in [0.05, 0.1) is 5.54 Å². The molecule has 0 heterocycles. The molecule has 0 aromatic carbocycles. The zero-order chi connectivity index (χ0) is 9.07. The van der Waals surface area contributed by atoms with Crippen LogP contribution < -0.4 is 11.3 Å². The molecule has 0 spiro atoms. The van der Waals surface area contributed by atoms with Crippen LogP contribution in [-0.4, -0.2) is 11.4 Å². The zero-order valence-corrected chi connectivity index (χ0v) is 8.10. The van der Waals surface area contributed by atoms with Gasteiger partial charge in [-0.05, 0) is 20.8 Å². The zero-order valence-electron chi connectivity index (χ0n) is 8.10. The first-order valence-corrected chi connectivity index (χ1v) is 3.93. The number of rotatable bonds is 1. The summed E-state index contributed by atoms with van der Waals surface area (Å²) >= 11 is 0. The van der Waals surface area contributed by atoms with Crippen LogP contribution in [0.3, 0.4) is 0 Å². The van der Waals surface area contributed by atoms with Crippen molar-refractivity contribution in [2.75, 3.05) is 0 Å². The van der Waals surface area contributed by atoms with Gasteiger partial charge in [-0.1, -0.05) is 13.8 Å². The van der Waals surface area contributed by atoms with Crippen LogP contribution in [0, 0.1) is 5.92 Å². The van der Waals surface area contributed by atoms with E-state index in [1.807, 2.05) is 20.8 Å². The van der Waals surface area contributed by atoms with E-state index in [0.29, 0.717) is 5.92 Å². The van der Waals surface area contributed by atoms with Crippen molar-refractivity contribution < 1.29 is 0 Å². The lowest BCUT2D eigenvalue weighted by molar-refractivity contribution is 0.570. The third-order valence-electron chi connectivity index (χ3n) is 1.15. The molecule has 0 bridgehead atoms. The molecule has 3 nitrogen and oxygen atoms in total. The Labute approximate surface area is 69.0 Å². The van der Waals surface area contributed by atoms with E-state index in [-0.39, 0.29) is 5.54 Å². The molecule has 0 saturated heterocycles. The van der Waals surface area contributed by atoms with Gasteiger partial charge in [-0.2, -0.15) is 0 Å². The van der Waals surface area contributed by atoms with Crippen LogP contribution in [0.25, 0.3) is 0 Å². The summed E-state index contributed by atoms with van der Waals surface area (Å²) < 4.78 is 0. The number of aliphatic imine (C=N–C) groups is 1. The normalized spacial score (nSPS) is 13.9. The molecule has 0 amide bonds. The lowest BCUT2D eigenvalue weighted by Crippen LogP contribution is -2.36. The van der Waals surface area contributed by atoms with Crippen LogP contribution >= 0.6 is 0 Å². The molecule has 3 heteroatoms. The van der Waals surface area contributed by atoms with Crippen LogP contribution in [0.15, 0.2) is 4.99 Å². The first-order valence-electron chi connectivity index (χ1n) is 3.93. The Morgan fingerprint density at radius 2 is 1.82 bits per heavy atom. The molecule has 0 radical (unpaired) electrons. The van der Waals surface area contributed by atoms with Gasteiger partial charge in [0, 0.05) is 5.92 Å². The van der Waals surface area contributed by atoms with Gasteiger partial charge in [-0.3, -0.25) is 4.99 Å². The molecule has 0 aliphatic rings. The SMILES string of the molecule is CC(C)C(=NC(C)(C)C)NN. The first-order chi connectivity index (χ1) is 4.87. The Hall–Kier alpha value is -0.570. The highest BCUT2D eigenvalue weighted by atomic mass is 15.3. The molecular formula is C8H19N3. The standard InChI is InChI=1S/C8H19N3/c1-6(2)7(11-9)10-8(3,4)5/h6H,9H2,1-5H3,(H,10,11). The van der Waals surface area contributed by atoms with E-state index in [0.717, 1.165) is 5.84 Å². The summed E-state index contributed by atoms with van der Waals surface area (Å²) in [6.07, 6.45) is 0. The summed E-state index contributed by atoms with van der Waals surface area (Å²) in [5.41, 5.74) is 2.56. The number of hydrogen-bond acceptors (Lipinski definition) is 2. The number of nitrogens with zero attached hydrogens (tertiary/aromatic N) is 1. The average molecular weight is 157 g/mol. The molecule has 0 aromatic heterocycles. The number of amidine groups is 1. The maximum atomic E-state index is 5.30. The summed E-state index contributed by atoms with van der Waals surface area (Å²) in [6.45, 7) is 10.3. The topological polar surface area (TPSA) is 50.4 Å². The van der Waals surface area contributed by atoms with Crippen LogP contribution in [-0.2, 0) is 0 Å². The fraction of sp³-hybridized carbons (Fsp3) is 0.875. The molecule has 3 N–H and O–H groups in total. The van der Waals surface area contributed by atoms with Crippen molar-refractivity contribution in [1.29, 1.82) is 0 Å². The van der Waals surface area contributed by atoms with Gasteiger partial charge in [0.2, 0.25) is 0 Å². The second kappa shape index (κ2) is 3.72. The van der Waals surface area contributed by atoms with E-state index in [1.165, 1.54) is 0 Å². The van der Waals surface area contributed by atoms with Gasteiger partial charge in [-0.25, -0.2) is 5.84 Å². The molecule has 0 unspecified atom stereocenters. The molecule has 0 atom stereocenters. The Balaban J connectivity index is 4.36. The number of hydrogen-bond donors (Lipinski definition) is 2. The Morgan fingerprint density at radius 3 is 1.91 bits per heavy atom. The second-order valence-electron chi connectivity index (χ2n) is 3.97. The number of nitrogens with one attached hydrogen (secondary N) is 1. The lowest BCUT2D eigenvalue weighted by Gasteiger charge is -2.17. The van der Waals surface area contributed by atoms with Gasteiger partial charge in [0.15, 0.2) is 0 Å². The molecule has 66 valence electrons. The van der Waals surface area contributed by atoms with E-state index in [4.69, 9.17) is 5.84 Å². The highest BCUT2D eigenvalue weighted by Crippen LogP contribution is 2.08. The smallest absolute Gasteiger partial charge is 0.113 e. The predicted molar refractivity (Wildman–Crippen MR) is 49.3 cm³/mol. The summed E-state index contributed by atoms with van der Waals surface area (Å²) in [4.78, 5) is 4.41. The lowest BCUT2D eigenvalue weighted by atomic mass is 10.1. The number of nitrogens with two attached hydrogens (primary N) is 1. The Kier molecular flexibility index (Phi) is 3.52. The van der Waals surface area contributed by atoms with E-state index < -0.39 is 0 Å². The summed E-state index contributed by atoms with van der Waals surface area (Å²) in [5, 5.41) is 0. The molecule has 0 fully saturated rings. The largest absolute Gasteiger partial charge is 0.312 e. The Bertz CT molecular complexity index is 142. The second-order valence-corrected chi connectivity index (χ2v) is 3.97. The fourth-order valence-corrected chi connectivity index (χ4v) is 0.689. The summed E-state index contributed by atoms with van der Waals surface area (Å²) in [6, 6.07) is 0. The molecule has 11 heavy (non-hydrogen) atoms. The maximum Gasteiger partial charge on any atom is 0.113 e. The van der Waals surface area contributed by atoms with Crippen molar-refractivity contribution >= 4 is 5.84 Å². The fourth-order valence-electron chi connectivity index (χ4n) is 0.689. The van der Waals surface area contributed by atoms with Gasteiger partial charge in [-0.15, -0.1) is 0 Å². The Morgan fingerprint density at radius 1 is 1.36 bits per heavy atom. The van der Waals surface area contributed by atoms with E-state index >= 15 is 0 Å². The quantitative estimate of drug-likeness (QED) is 0.261. The summed E-state index contributed by atoms with van der Waals surface area (Å²) in [7, 11) is 0. The van der Waals surface area contributed by atoms with Crippen molar-refractivity contribution in [3.8, 4) is 0 Å². The monoisotopic (exact) mass is 157 g/mol. The van der Waals surface area contributed by atoms with Crippen molar-refractivity contribution in [2.45, 2.75) is 40.2 Å². The first kappa shape index (κ1) is 10.4. The minimum absolute atomic E-state index is 0.0496. The molecule has 0 saturated carbocycles. The molecule has 0 aliphatic carbocycles. The third kappa shape index (κ3) is 4.79. The molecule has 0 aliphatic heterocycles. The molecule has 0 aromatic rings. The van der Waals surface area contributed by atoms with Gasteiger partial charge in [0.25, 0.3) is 0 Å². The highest BCUT2D eigenvalue weighted by Gasteiger charge is 2.11. The minimum Gasteiger partial charge on any atom is -0.312 e. The van der Waals surface area contributed by atoms with Crippen LogP contribution in [0.5, 0.6) is 0 Å². The van der Waals surface area contributed by atoms with E-state index in [2.05, 4.69) is 24.3 Å². The van der Waals surface area contributed by atoms with Crippen molar-refractivity contribution in [3.05, 3.63) is 0 Å². The van der Waals surface area contributed by atoms with Crippen LogP contribution in [0.1, 0.15) is 34.6 Å².